The smallest absolute Gasteiger partial charge is 0.200 e. The minimum Gasteiger partial charge on any atom is -0.504 e. The number of phenols is 5. The lowest BCUT2D eigenvalue weighted by Gasteiger charge is -2.08. The Labute approximate surface area is 157 Å². The summed E-state index contributed by atoms with van der Waals surface area (Å²) < 4.78 is 0. The van der Waals surface area contributed by atoms with Gasteiger partial charge in [-0.3, -0.25) is 0 Å². The maximum atomic E-state index is 9.57. The van der Waals surface area contributed by atoms with Crippen molar-refractivity contribution in [1.82, 2.24) is 5.32 Å². The minimum absolute atomic E-state index is 0.153. The molecule has 0 saturated carbocycles. The van der Waals surface area contributed by atoms with Crippen molar-refractivity contribution in [2.24, 2.45) is 0 Å². The zero-order valence-corrected chi connectivity index (χ0v) is 15.6. The highest BCUT2D eigenvalue weighted by Crippen LogP contribution is 2.35. The summed E-state index contributed by atoms with van der Waals surface area (Å²) in [4.78, 5) is 0.396. The number of rotatable bonds is 4. The van der Waals surface area contributed by atoms with Gasteiger partial charge >= 0.3 is 0 Å². The average molecular weight is 377 g/mol. The zero-order valence-electron chi connectivity index (χ0n) is 14.8. The molecule has 0 atom stereocenters. The van der Waals surface area contributed by atoms with Crippen LogP contribution in [0.25, 0.3) is 6.08 Å². The Hall–Kier alpha value is -2.93. The van der Waals surface area contributed by atoms with E-state index in [2.05, 4.69) is 5.32 Å². The van der Waals surface area contributed by atoms with Gasteiger partial charge in [-0.15, -0.1) is 0 Å². The predicted molar refractivity (Wildman–Crippen MR) is 106 cm³/mol. The van der Waals surface area contributed by atoms with E-state index >= 15 is 0 Å². The van der Waals surface area contributed by atoms with Crippen LogP contribution in [0.3, 0.4) is 0 Å². The topological polar surface area (TPSA) is 113 Å². The molecule has 0 aliphatic rings. The first-order chi connectivity index (χ1) is 12.3. The fraction of sp³-hybridized carbons (Fsp3) is 0.211. The normalized spacial score (nSPS) is 10.3. The summed E-state index contributed by atoms with van der Waals surface area (Å²) in [6.07, 6.45) is 3.29. The third-order valence-electron chi connectivity index (χ3n) is 3.33. The van der Waals surface area contributed by atoms with Crippen LogP contribution >= 0.6 is 12.2 Å². The van der Waals surface area contributed by atoms with E-state index in [0.29, 0.717) is 21.7 Å². The van der Waals surface area contributed by atoms with Crippen LogP contribution in [0, 0.1) is 6.92 Å². The van der Waals surface area contributed by atoms with Gasteiger partial charge in [0.25, 0.3) is 0 Å². The standard InChI is InChI=1S/C17H17NO5S.C2H6/c1-9-4-10(5-12(19)16(9)22)2-3-15(24)18-8-11-6-13(20)17(23)14(21)7-11;1-2/h2-7,19-23H,8H2,1H3,(H,18,24);1-2H3/b3-2+;. The largest absolute Gasteiger partial charge is 0.504 e. The molecule has 0 fully saturated rings. The van der Waals surface area contributed by atoms with Crippen LogP contribution in [-0.4, -0.2) is 30.5 Å². The second-order valence-corrected chi connectivity index (χ2v) is 5.68. The van der Waals surface area contributed by atoms with Gasteiger partial charge in [0, 0.05) is 6.54 Å². The molecular formula is C19H23NO5S. The molecule has 2 aromatic rings. The number of aromatic hydroxyl groups is 5. The average Bonchev–Trinajstić information content (AvgIpc) is 2.62. The molecule has 6 nitrogen and oxygen atoms in total. The molecule has 0 aliphatic carbocycles. The van der Waals surface area contributed by atoms with Crippen molar-refractivity contribution in [2.75, 3.05) is 0 Å². The maximum absolute atomic E-state index is 9.57. The molecular weight excluding hydrogens is 354 g/mol. The first kappa shape index (κ1) is 21.1. The van der Waals surface area contributed by atoms with Crippen LogP contribution in [0.4, 0.5) is 0 Å². The Bertz CT molecular complexity index is 772. The summed E-state index contributed by atoms with van der Waals surface area (Å²) in [7, 11) is 0. The van der Waals surface area contributed by atoms with Gasteiger partial charge in [-0.05, 0) is 54.0 Å². The Morgan fingerprint density at radius 3 is 2.00 bits per heavy atom. The summed E-state index contributed by atoms with van der Waals surface area (Å²) in [6.45, 7) is 5.91. The number of nitrogens with one attached hydrogen (secondary N) is 1. The molecule has 0 aliphatic heterocycles. The Balaban J connectivity index is 0.00000163. The minimum atomic E-state index is -0.566. The summed E-state index contributed by atoms with van der Waals surface area (Å²) >= 11 is 5.15. The van der Waals surface area contributed by atoms with Gasteiger partial charge in [-0.25, -0.2) is 0 Å². The molecule has 0 heterocycles. The molecule has 2 rings (SSSR count). The number of aryl methyl sites for hydroxylation is 1. The molecule has 7 heteroatoms. The highest BCUT2D eigenvalue weighted by molar-refractivity contribution is 7.80. The van der Waals surface area contributed by atoms with Crippen LogP contribution < -0.4 is 5.32 Å². The molecule has 2 aromatic carbocycles. The van der Waals surface area contributed by atoms with Gasteiger partial charge in [0.2, 0.25) is 0 Å². The van der Waals surface area contributed by atoms with Gasteiger partial charge in [0.15, 0.2) is 28.7 Å². The molecule has 0 radical (unpaired) electrons. The van der Waals surface area contributed by atoms with Gasteiger partial charge in [0.1, 0.15) is 0 Å². The maximum Gasteiger partial charge on any atom is 0.200 e. The number of benzene rings is 2. The van der Waals surface area contributed by atoms with E-state index in [1.807, 2.05) is 13.8 Å². The van der Waals surface area contributed by atoms with Gasteiger partial charge in [-0.2, -0.15) is 0 Å². The number of hydrogen-bond donors (Lipinski definition) is 6. The zero-order chi connectivity index (χ0) is 19.9. The highest BCUT2D eigenvalue weighted by Gasteiger charge is 2.08. The highest BCUT2D eigenvalue weighted by atomic mass is 32.1. The van der Waals surface area contributed by atoms with Crippen LogP contribution in [-0.2, 0) is 6.54 Å². The molecule has 0 bridgehead atoms. The molecule has 0 spiro atoms. The first-order valence-corrected chi connectivity index (χ1v) is 8.41. The molecule has 26 heavy (non-hydrogen) atoms. The summed E-state index contributed by atoms with van der Waals surface area (Å²) in [5.41, 5.74) is 1.76. The van der Waals surface area contributed by atoms with Crippen molar-refractivity contribution in [1.29, 1.82) is 0 Å². The lowest BCUT2D eigenvalue weighted by molar-refractivity contribution is 0.367. The quantitative estimate of drug-likeness (QED) is 0.274. The van der Waals surface area contributed by atoms with E-state index in [4.69, 9.17) is 12.2 Å². The third-order valence-corrected chi connectivity index (χ3v) is 3.61. The van der Waals surface area contributed by atoms with E-state index in [0.717, 1.165) is 0 Å². The lowest BCUT2D eigenvalue weighted by atomic mass is 10.1. The van der Waals surface area contributed by atoms with E-state index in [-0.39, 0.29) is 18.0 Å². The Kier molecular flexibility index (Phi) is 7.74. The van der Waals surface area contributed by atoms with E-state index in [1.54, 1.807) is 25.1 Å². The van der Waals surface area contributed by atoms with E-state index in [1.165, 1.54) is 18.2 Å². The molecule has 0 unspecified atom stereocenters. The molecule has 6 N–H and O–H groups in total. The van der Waals surface area contributed by atoms with Crippen LogP contribution in [0.2, 0.25) is 0 Å². The number of phenolic OH excluding ortho intramolecular Hbond substituents is 5. The molecule has 0 aromatic heterocycles. The summed E-state index contributed by atoms with van der Waals surface area (Å²) in [5, 5.41) is 50.2. The van der Waals surface area contributed by atoms with E-state index < -0.39 is 17.2 Å². The van der Waals surface area contributed by atoms with E-state index in [9.17, 15) is 25.5 Å². The second-order valence-electron chi connectivity index (χ2n) is 5.24. The van der Waals surface area contributed by atoms with Crippen molar-refractivity contribution < 1.29 is 25.5 Å². The molecule has 0 saturated heterocycles. The predicted octanol–water partition coefficient (Wildman–Crippen LogP) is 3.68. The van der Waals surface area contributed by atoms with Gasteiger partial charge in [-0.1, -0.05) is 32.1 Å². The van der Waals surface area contributed by atoms with Gasteiger partial charge in [0.05, 0.1) is 4.99 Å². The fourth-order valence-corrected chi connectivity index (χ4v) is 2.21. The monoisotopic (exact) mass is 377 g/mol. The lowest BCUT2D eigenvalue weighted by Crippen LogP contribution is -2.18. The third kappa shape index (κ3) is 5.56. The van der Waals surface area contributed by atoms with Crippen molar-refractivity contribution in [3.63, 3.8) is 0 Å². The van der Waals surface area contributed by atoms with Gasteiger partial charge < -0.3 is 30.8 Å². The van der Waals surface area contributed by atoms with Crippen LogP contribution in [0.1, 0.15) is 30.5 Å². The van der Waals surface area contributed by atoms with Crippen LogP contribution in [0.15, 0.2) is 30.3 Å². The van der Waals surface area contributed by atoms with Crippen molar-refractivity contribution in [3.8, 4) is 28.7 Å². The Morgan fingerprint density at radius 1 is 0.923 bits per heavy atom. The van der Waals surface area contributed by atoms with Crippen LogP contribution in [0.5, 0.6) is 28.7 Å². The first-order valence-electron chi connectivity index (χ1n) is 8.00. The molecule has 0 amide bonds. The Morgan fingerprint density at radius 2 is 1.46 bits per heavy atom. The molecule has 140 valence electrons. The second kappa shape index (κ2) is 9.53. The SMILES string of the molecule is CC.Cc1cc(/C=C/C(=S)NCc2cc(O)c(O)c(O)c2)cc(O)c1O. The van der Waals surface area contributed by atoms with Crippen molar-refractivity contribution >= 4 is 23.3 Å². The summed E-state index contributed by atoms with van der Waals surface area (Å²) in [6, 6.07) is 5.74. The van der Waals surface area contributed by atoms with Crippen molar-refractivity contribution in [3.05, 3.63) is 47.0 Å². The summed E-state index contributed by atoms with van der Waals surface area (Å²) in [5.74, 6) is -1.75. The number of hydrogen-bond acceptors (Lipinski definition) is 6. The fourth-order valence-electron chi connectivity index (χ4n) is 2.07. The number of thiocarbonyl (C=S) groups is 1. The van der Waals surface area contributed by atoms with Crippen molar-refractivity contribution in [2.45, 2.75) is 27.3 Å².